The Balaban J connectivity index is 1.70. The number of carbonyl (C=O) groups excluding carboxylic acids is 1. The summed E-state index contributed by atoms with van der Waals surface area (Å²) in [6, 6.07) is 11.1. The zero-order valence-corrected chi connectivity index (χ0v) is 14.9. The second-order valence-electron chi connectivity index (χ2n) is 6.20. The van der Waals surface area contributed by atoms with Gasteiger partial charge in [-0.2, -0.15) is 0 Å². The van der Waals surface area contributed by atoms with Crippen LogP contribution in [0.1, 0.15) is 12.2 Å². The number of carbonyl (C=O) groups is 1. The van der Waals surface area contributed by atoms with E-state index in [1.807, 2.05) is 36.4 Å². The highest BCUT2D eigenvalue weighted by atomic mass is 16.3. The van der Waals surface area contributed by atoms with Crippen LogP contribution in [0.25, 0.3) is 11.0 Å². The van der Waals surface area contributed by atoms with Crippen molar-refractivity contribution >= 4 is 22.8 Å². The van der Waals surface area contributed by atoms with E-state index in [2.05, 4.69) is 10.3 Å². The van der Waals surface area contributed by atoms with Gasteiger partial charge in [0, 0.05) is 40.0 Å². The molecule has 3 rings (SSSR count). The smallest absolute Gasteiger partial charge is 0.293 e. The minimum absolute atomic E-state index is 0.101. The van der Waals surface area contributed by atoms with Crippen molar-refractivity contribution in [3.05, 3.63) is 58.8 Å². The lowest BCUT2D eigenvalue weighted by Gasteiger charge is -2.16. The quantitative estimate of drug-likeness (QED) is 0.700. The Bertz CT molecular complexity index is 945. The molecule has 3 aromatic rings. The largest absolute Gasteiger partial charge is 0.469 e. The van der Waals surface area contributed by atoms with Crippen LogP contribution < -0.4 is 15.8 Å². The summed E-state index contributed by atoms with van der Waals surface area (Å²) in [5.41, 5.74) is 1.26. The maximum Gasteiger partial charge on any atom is 0.293 e. The molecule has 2 aromatic heterocycles. The van der Waals surface area contributed by atoms with Crippen molar-refractivity contribution < 1.29 is 9.21 Å². The molecule has 26 heavy (non-hydrogen) atoms. The van der Waals surface area contributed by atoms with Crippen LogP contribution in [-0.2, 0) is 17.8 Å². The van der Waals surface area contributed by atoms with Crippen molar-refractivity contribution in [1.82, 2.24) is 14.9 Å². The number of anilines is 1. The highest BCUT2D eigenvalue weighted by molar-refractivity contribution is 5.78. The normalized spacial score (nSPS) is 10.8. The molecular weight excluding hydrogens is 332 g/mol. The number of aryl methyl sites for hydroxylation is 1. The van der Waals surface area contributed by atoms with Crippen LogP contribution in [0.5, 0.6) is 0 Å². The highest BCUT2D eigenvalue weighted by Crippen LogP contribution is 2.13. The lowest BCUT2D eigenvalue weighted by Crippen LogP contribution is -2.32. The summed E-state index contributed by atoms with van der Waals surface area (Å²) in [5.74, 6) is 1.09. The fourth-order valence-corrected chi connectivity index (χ4v) is 2.77. The van der Waals surface area contributed by atoms with Gasteiger partial charge in [0.15, 0.2) is 5.82 Å². The lowest BCUT2D eigenvalue weighted by molar-refractivity contribution is -0.121. The van der Waals surface area contributed by atoms with Gasteiger partial charge < -0.3 is 19.2 Å². The Labute approximate surface area is 151 Å². The third-order valence-corrected chi connectivity index (χ3v) is 4.10. The Morgan fingerprint density at radius 2 is 2.04 bits per heavy atom. The summed E-state index contributed by atoms with van der Waals surface area (Å²) >= 11 is 0. The number of fused-ring (bicyclic) bond motifs is 1. The second-order valence-corrected chi connectivity index (χ2v) is 6.20. The molecule has 7 nitrogen and oxygen atoms in total. The van der Waals surface area contributed by atoms with Gasteiger partial charge in [0.2, 0.25) is 5.91 Å². The van der Waals surface area contributed by atoms with Gasteiger partial charge in [0.25, 0.3) is 5.56 Å². The Morgan fingerprint density at radius 3 is 2.77 bits per heavy atom. The third-order valence-electron chi connectivity index (χ3n) is 4.10. The fraction of sp³-hybridized carbons (Fsp3) is 0.316. The highest BCUT2D eigenvalue weighted by Gasteiger charge is 2.13. The predicted molar refractivity (Wildman–Crippen MR) is 100 cm³/mol. The van der Waals surface area contributed by atoms with Crippen molar-refractivity contribution in [2.24, 2.45) is 0 Å². The number of aromatic nitrogens is 2. The number of para-hydroxylation sites is 2. The first kappa shape index (κ1) is 17.7. The summed E-state index contributed by atoms with van der Waals surface area (Å²) in [6.45, 7) is 0.802. The summed E-state index contributed by atoms with van der Waals surface area (Å²) in [6.07, 6.45) is 2.47. The second kappa shape index (κ2) is 7.86. The molecule has 0 aliphatic carbocycles. The van der Waals surface area contributed by atoms with E-state index in [9.17, 15) is 9.59 Å². The number of benzene rings is 1. The maximum atomic E-state index is 12.7. The Hall–Kier alpha value is -3.09. The van der Waals surface area contributed by atoms with Gasteiger partial charge in [0.05, 0.1) is 17.3 Å². The first-order chi connectivity index (χ1) is 12.6. The molecule has 0 saturated heterocycles. The molecule has 0 atom stereocenters. The number of hydrogen-bond acceptors (Lipinski definition) is 5. The van der Waals surface area contributed by atoms with Gasteiger partial charge >= 0.3 is 0 Å². The van der Waals surface area contributed by atoms with Gasteiger partial charge in [-0.15, -0.1) is 0 Å². The van der Waals surface area contributed by atoms with E-state index in [1.54, 1.807) is 29.8 Å². The Morgan fingerprint density at radius 1 is 1.23 bits per heavy atom. The molecular formula is C19H22N4O3. The molecule has 0 bridgehead atoms. The number of furan rings is 1. The molecule has 1 N–H and O–H groups in total. The van der Waals surface area contributed by atoms with Crippen LogP contribution in [-0.4, -0.2) is 36.1 Å². The minimum Gasteiger partial charge on any atom is -0.469 e. The van der Waals surface area contributed by atoms with Crippen molar-refractivity contribution in [2.45, 2.75) is 19.4 Å². The topological polar surface area (TPSA) is 80.4 Å². The van der Waals surface area contributed by atoms with Crippen LogP contribution in [0.2, 0.25) is 0 Å². The van der Waals surface area contributed by atoms with E-state index in [0.29, 0.717) is 25.3 Å². The molecule has 0 aliphatic rings. The van der Waals surface area contributed by atoms with Crippen molar-refractivity contribution in [2.75, 3.05) is 25.5 Å². The molecule has 0 unspecified atom stereocenters. The lowest BCUT2D eigenvalue weighted by atomic mass is 10.2. The molecule has 136 valence electrons. The third kappa shape index (κ3) is 3.93. The summed E-state index contributed by atoms with van der Waals surface area (Å²) < 4.78 is 6.85. The maximum absolute atomic E-state index is 12.7. The van der Waals surface area contributed by atoms with Gasteiger partial charge in [-0.1, -0.05) is 12.1 Å². The summed E-state index contributed by atoms with van der Waals surface area (Å²) in [5, 5.41) is 2.86. The van der Waals surface area contributed by atoms with Gasteiger partial charge in [0.1, 0.15) is 5.76 Å². The molecule has 0 fully saturated rings. The van der Waals surface area contributed by atoms with Crippen LogP contribution in [0, 0.1) is 0 Å². The fourth-order valence-electron chi connectivity index (χ4n) is 2.77. The van der Waals surface area contributed by atoms with E-state index >= 15 is 0 Å². The zero-order valence-electron chi connectivity index (χ0n) is 14.9. The number of amides is 1. The Kier molecular flexibility index (Phi) is 5.36. The average Bonchev–Trinajstić information content (AvgIpc) is 3.13. The molecule has 0 radical (unpaired) electrons. The first-order valence-electron chi connectivity index (χ1n) is 8.52. The molecule has 7 heteroatoms. The standard InChI is InChI=1S/C19H22N4O3/c1-22(2)18-19(25)23(16-8-4-3-7-15(16)21-18)12-10-17(24)20-11-9-14-6-5-13-26-14/h3-8,13H,9-12H2,1-2H3,(H,20,24). The van der Waals surface area contributed by atoms with Crippen LogP contribution >= 0.6 is 0 Å². The van der Waals surface area contributed by atoms with Gasteiger partial charge in [-0.25, -0.2) is 4.98 Å². The van der Waals surface area contributed by atoms with Crippen molar-refractivity contribution in [3.8, 4) is 0 Å². The minimum atomic E-state index is -0.197. The summed E-state index contributed by atoms with van der Waals surface area (Å²) in [7, 11) is 3.56. The monoisotopic (exact) mass is 354 g/mol. The van der Waals surface area contributed by atoms with Crippen LogP contribution in [0.3, 0.4) is 0 Å². The van der Waals surface area contributed by atoms with E-state index < -0.39 is 0 Å². The van der Waals surface area contributed by atoms with Crippen molar-refractivity contribution in [3.63, 3.8) is 0 Å². The van der Waals surface area contributed by atoms with E-state index in [4.69, 9.17) is 4.42 Å². The van der Waals surface area contributed by atoms with E-state index in [0.717, 1.165) is 16.8 Å². The molecule has 0 saturated carbocycles. The molecule has 0 spiro atoms. The van der Waals surface area contributed by atoms with Gasteiger partial charge in [-0.3, -0.25) is 9.59 Å². The number of nitrogens with one attached hydrogen (secondary N) is 1. The summed E-state index contributed by atoms with van der Waals surface area (Å²) in [4.78, 5) is 31.0. The van der Waals surface area contributed by atoms with Crippen LogP contribution in [0.4, 0.5) is 5.82 Å². The number of hydrogen-bond donors (Lipinski definition) is 1. The van der Waals surface area contributed by atoms with Crippen molar-refractivity contribution in [1.29, 1.82) is 0 Å². The SMILES string of the molecule is CN(C)c1nc2ccccc2n(CCC(=O)NCCc2ccco2)c1=O. The van der Waals surface area contributed by atoms with E-state index in [-0.39, 0.29) is 17.9 Å². The zero-order chi connectivity index (χ0) is 18.5. The van der Waals surface area contributed by atoms with Gasteiger partial charge in [-0.05, 0) is 24.3 Å². The van der Waals surface area contributed by atoms with Crippen LogP contribution in [0.15, 0.2) is 51.9 Å². The average molecular weight is 354 g/mol. The number of nitrogens with zero attached hydrogens (tertiary/aromatic N) is 3. The molecule has 1 aromatic carbocycles. The molecule has 2 heterocycles. The molecule has 0 aliphatic heterocycles. The predicted octanol–water partition coefficient (Wildman–Crippen LogP) is 1.80. The first-order valence-corrected chi connectivity index (χ1v) is 8.52. The number of rotatable bonds is 7. The van der Waals surface area contributed by atoms with E-state index in [1.165, 1.54) is 0 Å². The molecule has 1 amide bonds.